The summed E-state index contributed by atoms with van der Waals surface area (Å²) in [6.45, 7) is 58.2. The number of hydrogen-bond donors (Lipinski definition) is 0. The minimum atomic E-state index is -0.233. The van der Waals surface area contributed by atoms with Crippen LogP contribution in [0.3, 0.4) is 0 Å². The first kappa shape index (κ1) is 330. The van der Waals surface area contributed by atoms with Crippen LogP contribution in [0.15, 0.2) is 162 Å². The third-order valence-corrected chi connectivity index (χ3v) is 20.1. The van der Waals surface area contributed by atoms with Crippen molar-refractivity contribution >= 4 is 54.8 Å². The first-order chi connectivity index (χ1) is 44.5. The maximum absolute atomic E-state index is 9.62. The predicted octanol–water partition coefficient (Wildman–Crippen LogP) is 13.4. The summed E-state index contributed by atoms with van der Waals surface area (Å²) in [5.41, 5.74) is 9.71. The zero-order chi connectivity index (χ0) is 75.7. The second-order valence-electron chi connectivity index (χ2n) is 15.9. The second-order valence-corrected chi connectivity index (χ2v) is 37.3. The van der Waals surface area contributed by atoms with Crippen LogP contribution in [0.4, 0.5) is 0 Å². The van der Waals surface area contributed by atoms with Crippen molar-refractivity contribution in [1.29, 1.82) is 0 Å². The van der Waals surface area contributed by atoms with Crippen molar-refractivity contribution in [2.24, 2.45) is 31.0 Å². The summed E-state index contributed by atoms with van der Waals surface area (Å²) in [5, 5.41) is 19.0. The molecule has 0 saturated carbocycles. The van der Waals surface area contributed by atoms with E-state index in [4.69, 9.17) is 28.4 Å². The van der Waals surface area contributed by atoms with Gasteiger partial charge in [-0.25, -0.2) is 0 Å². The van der Waals surface area contributed by atoms with E-state index in [0.29, 0.717) is 40.3 Å². The molecule has 0 rings (SSSR count). The molecule has 0 aromatic rings. The van der Waals surface area contributed by atoms with E-state index < -0.39 is 0 Å². The van der Waals surface area contributed by atoms with Gasteiger partial charge < -0.3 is 0 Å². The van der Waals surface area contributed by atoms with Gasteiger partial charge in [0.15, 0.2) is 0 Å². The summed E-state index contributed by atoms with van der Waals surface area (Å²) in [6.07, 6.45) is 30.8. The van der Waals surface area contributed by atoms with E-state index in [1.54, 1.807) is 34.6 Å². The van der Waals surface area contributed by atoms with Gasteiger partial charge in [-0.05, 0) is 0 Å². The molecule has 0 bridgehead atoms. The fourth-order valence-electron chi connectivity index (χ4n) is 4.97. The standard InChI is InChI=1S/4C10H11NO.3C8H8N2O.56W/c1-5-9(11-7-3)10(6-2)12-8-4;1-5-9(8(4)11)10(6-2)12-7-3;1-5-8(4)10(11)9(6-2)12-7-3;1-5-8(4)9(6-2)10(11)12-7-3;1-4-7(11-6-3)8(9)10-5-2;1-4-7(11-5-2)8(10)6(3)9;1-4-6(3)7(9)8(10)11-5-2;;;;;;;;;;;;;;;;;;;;;;;;;;;;;;;;;;;;;;;;;;;;;;;;;;;;;;;;/h4H2,1-3H3;3*3H2,1-2,4H3;3H2,1-2H3;2*2H2,1,3H3;;;;;;;;;;;;;;;;;;;;;;;;;;;;;;;;;;;;;;;;;;;;;;;;;;;;;;;;/q7*-2;;;;;;;;;;;;;;;;;;;;;;;;;;;;;;;;;;;;;;;;;;;;;;;;;;;;;;;;. The van der Waals surface area contributed by atoms with Gasteiger partial charge in [0, 0.05) is 885 Å². The molecule has 0 spiro atoms. The minimum Gasteiger partial charge on any atom is 0 e. The number of aliphatic imine (C=N–C) groups is 2. The first-order valence-electron chi connectivity index (χ1n) is 25.5. The van der Waals surface area contributed by atoms with Gasteiger partial charge in [-0.1, -0.05) is 0 Å². The Morgan fingerprint density at radius 3 is 0.635 bits per heavy atom. The van der Waals surface area contributed by atoms with Crippen molar-refractivity contribution in [1.82, 2.24) is 0 Å². The van der Waals surface area contributed by atoms with Crippen molar-refractivity contribution < 1.29 is 1190 Å². The zero-order valence-corrected chi connectivity index (χ0v) is 237. The predicted molar refractivity (Wildman–Crippen MR) is 327 cm³/mol. The van der Waals surface area contributed by atoms with Gasteiger partial charge in [-0.15, -0.1) is 0 Å². The fraction of sp³-hybridized carbons (Fsp3) is 0.281. The SMILES string of the molecule is C=[C-]OC(=[C-]C)C(=N[C](C)=[W])[C](C)=[W].C=[C-]OC(=[C-]C)C([C](C)=[W])=C(C)[N]=[W].C=[C-]OC(=[C-]C)C([N]=[W])=C(C)[C](C)=[W].C=[C-]OC(=[C-]C)C([N]=[W])=C(C)[N]=[W].C=[C-]OC(=[C-]C)C([N]=[W])=N[C](C)=[W].C=[C-]OC(=[N-])C([C](C)=[W])=C(C)[C](C)=[W].C=[C-]OC(=[N-])C([N]=[W])=C(C)[C](C)=[W].[W].[W].[W].[W].[W].[W].[W].[W].[W].[W].[W].[W].[W].[W].[W].[W].[W].[W].[W].[W].[W].[W].[W].[W].[W].[W].[W].[W].[W].[W].[W].[W].[W].[W].[W].[W].[W].[W].[W].[W].[W].[W]. The minimum absolute atomic E-state index is 0. The van der Waals surface area contributed by atoms with Crippen LogP contribution in [0.1, 0.15) is 125 Å². The van der Waals surface area contributed by atoms with Crippen molar-refractivity contribution in [2.75, 3.05) is 0 Å². The van der Waals surface area contributed by atoms with Gasteiger partial charge in [-0.3, -0.25) is 0 Å². The first-order valence-corrected chi connectivity index (χ1v) is 45.1. The zero-order valence-electron chi connectivity index (χ0n) is 72.6. The maximum atomic E-state index is 9.62. The fourth-order valence-corrected chi connectivity index (χ4v) is 12.3. The van der Waals surface area contributed by atoms with E-state index in [1.165, 1.54) is 194 Å². The Morgan fingerprint density at radius 1 is 0.219 bits per heavy atom. The van der Waals surface area contributed by atoms with Crippen molar-refractivity contribution in [3.8, 4) is 0 Å². The van der Waals surface area contributed by atoms with E-state index in [9.17, 15) is 10.8 Å². The van der Waals surface area contributed by atoms with Crippen molar-refractivity contribution in [2.45, 2.75) is 125 Å². The molecular formula is C64H68N10O7W56-14. The Morgan fingerprint density at radius 2 is 0.438 bits per heavy atom. The molecule has 73 heteroatoms. The molecule has 0 fully saturated rings. The Balaban J connectivity index is -0.0000000134. The normalized spacial score (nSPS) is 8.50. The summed E-state index contributed by atoms with van der Waals surface area (Å²) in [5.74, 6) is 3.10. The average molecular weight is 11400 g/mol. The number of allylic oxidation sites excluding steroid dienone is 12. The smallest absolute Gasteiger partial charge is 0 e. The molecule has 0 radical (unpaired) electrons. The van der Waals surface area contributed by atoms with E-state index in [1.807, 2.05) is 76.2 Å². The molecule has 137 heavy (non-hydrogen) atoms. The number of ether oxygens (including phenoxy) is 7. The molecule has 0 aliphatic rings. The number of rotatable bonds is 32. The molecule has 0 aromatic heterocycles. The van der Waals surface area contributed by atoms with Gasteiger partial charge in [0.1, 0.15) is 0 Å². The van der Waals surface area contributed by atoms with E-state index in [2.05, 4.69) is 170 Å². The summed E-state index contributed by atoms with van der Waals surface area (Å²) in [7, 11) is 0. The molecule has 0 aliphatic carbocycles. The number of hydrogen-bond acceptors (Lipinski definition) is 14. The monoisotopic (exact) mass is 11400 g/mol. The summed E-state index contributed by atoms with van der Waals surface area (Å²) in [4.78, 5) is 8.65. The Kier molecular flexibility index (Phi) is 570. The third-order valence-electron chi connectivity index (χ3n) is 9.41. The number of amidine groups is 1. The molecule has 0 unspecified atom stereocenters. The molecular weight excluding hydrogens is 11300 g/mol. The van der Waals surface area contributed by atoms with E-state index >= 15 is 0 Å². The third kappa shape index (κ3) is 190. The Bertz CT molecular complexity index is 3410. The van der Waals surface area contributed by atoms with Gasteiger partial charge >= 0.3 is 732 Å². The molecule has 17 nitrogen and oxygen atoms in total. The van der Waals surface area contributed by atoms with Gasteiger partial charge in [0.2, 0.25) is 0 Å². The van der Waals surface area contributed by atoms with Gasteiger partial charge in [0.05, 0.1) is 0 Å². The molecule has 766 valence electrons. The van der Waals surface area contributed by atoms with Crippen LogP contribution in [0.25, 0.3) is 10.8 Å². The Hall–Kier alpha value is 29.2. The molecule has 0 amide bonds. The number of nitrogens with zero attached hydrogens (tertiary/aromatic N) is 10. The molecule has 0 aliphatic heterocycles. The molecule has 0 heterocycles. The topological polar surface area (TPSA) is 208 Å². The quantitative estimate of drug-likeness (QED) is 0.0209. The molecule has 0 saturated heterocycles. The van der Waals surface area contributed by atoms with E-state index in [-0.39, 0.29) is 897 Å². The van der Waals surface area contributed by atoms with Crippen LogP contribution in [0.5, 0.6) is 0 Å². The molecule has 0 atom stereocenters. The summed E-state index contributed by atoms with van der Waals surface area (Å²) < 4.78 is 68.9. The summed E-state index contributed by atoms with van der Waals surface area (Å²) >= 11 is 17.6. The summed E-state index contributed by atoms with van der Waals surface area (Å²) in [6, 6.07) is 0. The van der Waals surface area contributed by atoms with Crippen LogP contribution in [-0.4, -0.2) is 54.8 Å². The van der Waals surface area contributed by atoms with Crippen LogP contribution in [0.2, 0.25) is 0 Å². The average Bonchev–Trinajstić information content (AvgIpc) is 0.853. The van der Waals surface area contributed by atoms with Crippen LogP contribution >= 0.6 is 0 Å². The maximum Gasteiger partial charge on any atom is 0 e. The van der Waals surface area contributed by atoms with E-state index in [0.717, 1.165) is 166 Å². The van der Waals surface area contributed by atoms with Crippen molar-refractivity contribution in [3.05, 3.63) is 216 Å². The van der Waals surface area contributed by atoms with Crippen molar-refractivity contribution in [3.63, 3.8) is 0 Å². The molecule has 0 aromatic carbocycles. The van der Waals surface area contributed by atoms with Crippen LogP contribution < -0.4 is 0 Å². The largest absolute Gasteiger partial charge is 0 e. The second kappa shape index (κ2) is 237. The molecule has 0 N–H and O–H groups in total. The van der Waals surface area contributed by atoms with Gasteiger partial charge in [-0.2, -0.15) is 0 Å². The van der Waals surface area contributed by atoms with Crippen LogP contribution in [0, 0.1) is 74.2 Å². The Labute approximate surface area is 1580 Å². The van der Waals surface area contributed by atoms with Crippen LogP contribution in [-0.2, 0) is 1190 Å². The van der Waals surface area contributed by atoms with Gasteiger partial charge in [0.25, 0.3) is 0 Å².